The molecule has 1 atom stereocenters. The molecule has 1 fully saturated rings. The Bertz CT molecular complexity index is 1910. The van der Waals surface area contributed by atoms with Gasteiger partial charge >= 0.3 is 12.3 Å². The molecular weight excluding hydrogens is 720 g/mol. The molecule has 19 heteroatoms. The zero-order valence-electron chi connectivity index (χ0n) is 27.6. The topological polar surface area (TPSA) is 154 Å². The fourth-order valence-corrected chi connectivity index (χ4v) is 5.28. The number of nitrogens with one attached hydrogen (secondary N) is 1. The molecule has 3 N–H and O–H groups in total. The van der Waals surface area contributed by atoms with Gasteiger partial charge < -0.3 is 15.8 Å². The molecule has 0 bridgehead atoms. The van der Waals surface area contributed by atoms with Crippen molar-refractivity contribution in [2.45, 2.75) is 63.0 Å². The lowest BCUT2D eigenvalue weighted by Gasteiger charge is -2.32. The van der Waals surface area contributed by atoms with Crippen LogP contribution in [-0.2, 0) is 4.74 Å². The number of halogens is 7. The maximum atomic E-state index is 14.4. The van der Waals surface area contributed by atoms with E-state index in [4.69, 9.17) is 22.1 Å². The second-order valence-corrected chi connectivity index (χ2v) is 12.8. The summed E-state index contributed by atoms with van der Waals surface area (Å²) in [5.41, 5.74) is 3.35. The average Bonchev–Trinajstić information content (AvgIpc) is 3.72. The number of carbonyl (C=O) groups is 2. The summed E-state index contributed by atoms with van der Waals surface area (Å²) in [5.74, 6) is -2.06. The highest BCUT2D eigenvalue weighted by Gasteiger charge is 2.64. The van der Waals surface area contributed by atoms with Crippen LogP contribution < -0.4 is 11.1 Å². The fraction of sp³-hybridized carbons (Fsp3) is 0.364. The molecular formula is C33H32ClF6N9O3. The van der Waals surface area contributed by atoms with Crippen LogP contribution in [0.4, 0.5) is 31.1 Å². The summed E-state index contributed by atoms with van der Waals surface area (Å²) in [6.45, 7) is 1.62. The van der Waals surface area contributed by atoms with Gasteiger partial charge in [-0.15, -0.1) is 0 Å². The van der Waals surface area contributed by atoms with Crippen molar-refractivity contribution < 1.29 is 40.7 Å². The van der Waals surface area contributed by atoms with Crippen molar-refractivity contribution in [1.82, 2.24) is 34.9 Å². The maximum Gasteiger partial charge on any atom is 0.411 e. The van der Waals surface area contributed by atoms with Crippen LogP contribution >= 0.6 is 11.6 Å². The molecule has 1 aliphatic carbocycles. The number of alkyl halides is 6. The number of benzene rings is 2. The molecule has 12 nitrogen and oxygen atoms in total. The third kappa shape index (κ3) is 8.78. The number of amides is 2. The Morgan fingerprint density at radius 2 is 1.81 bits per heavy atom. The lowest BCUT2D eigenvalue weighted by molar-refractivity contribution is -0.164. The van der Waals surface area contributed by atoms with Crippen molar-refractivity contribution in [2.75, 3.05) is 13.2 Å². The van der Waals surface area contributed by atoms with Crippen LogP contribution in [-0.4, -0.2) is 78.1 Å². The number of nitrogens with zero attached hydrogens (tertiary/aromatic N) is 7. The van der Waals surface area contributed by atoms with Crippen molar-refractivity contribution in [2.24, 2.45) is 10.7 Å². The smallest absolute Gasteiger partial charge is 0.411 e. The number of carbonyl (C=O) groups excluding carboxylic acids is 2. The molecule has 0 spiro atoms. The van der Waals surface area contributed by atoms with Gasteiger partial charge in [0.2, 0.25) is 0 Å². The third-order valence-corrected chi connectivity index (χ3v) is 8.43. The molecule has 2 aromatic carbocycles. The third-order valence-electron chi connectivity index (χ3n) is 8.11. The van der Waals surface area contributed by atoms with Gasteiger partial charge in [-0.25, -0.2) is 27.6 Å². The van der Waals surface area contributed by atoms with Crippen molar-refractivity contribution in [3.63, 3.8) is 0 Å². The number of rotatable bonds is 12. The standard InChI is InChI=1S/C33H32ClF6N9O3/c1-31(2,37)11-12-44-29(41)48(28(50)20-5-3-19(4-6-20)23-16-42-13-14-43-23)25(17-52-30(51)47-32(9-10-32)33(38,39)40)21-7-8-22(34)24(15-21)49-27(26(35)36)45-18-46-49/h3-8,13-16,18,25-26H,9-12,17H2,1-2H3,(H2,41,44)(H,47,51)/t25-/m1/s1. The maximum absolute atomic E-state index is 14.4. The Kier molecular flexibility index (Phi) is 11.1. The van der Waals surface area contributed by atoms with E-state index >= 15 is 0 Å². The Morgan fingerprint density at radius 3 is 2.40 bits per heavy atom. The highest BCUT2D eigenvalue weighted by atomic mass is 35.5. The summed E-state index contributed by atoms with van der Waals surface area (Å²) in [6.07, 6.45) is -4.75. The van der Waals surface area contributed by atoms with Crippen LogP contribution in [0.3, 0.4) is 0 Å². The average molecular weight is 752 g/mol. The molecule has 0 aliphatic heterocycles. The lowest BCUT2D eigenvalue weighted by Crippen LogP contribution is -2.49. The first-order chi connectivity index (χ1) is 24.5. The second kappa shape index (κ2) is 15.1. The van der Waals surface area contributed by atoms with Crippen LogP contribution in [0.1, 0.15) is 67.3 Å². The number of guanidine groups is 1. The second-order valence-electron chi connectivity index (χ2n) is 12.4. The SMILES string of the molecule is CC(C)(F)CCN=C(N)N(C(=O)c1ccc(-c2cnccn2)cc1)[C@H](COC(=O)NC1(C(F)(F)F)CC1)c1ccc(Cl)c(-n2ncnc2C(F)F)c1. The van der Waals surface area contributed by atoms with Gasteiger partial charge in [0.1, 0.15) is 24.1 Å². The highest BCUT2D eigenvalue weighted by Crippen LogP contribution is 2.49. The Labute approximate surface area is 298 Å². The molecule has 2 aromatic heterocycles. The summed E-state index contributed by atoms with van der Waals surface area (Å²) < 4.78 is 88.9. The van der Waals surface area contributed by atoms with Gasteiger partial charge in [0, 0.05) is 36.5 Å². The summed E-state index contributed by atoms with van der Waals surface area (Å²) in [4.78, 5) is 44.1. The minimum Gasteiger partial charge on any atom is -0.447 e. The molecule has 4 aromatic rings. The van der Waals surface area contributed by atoms with Crippen molar-refractivity contribution >= 4 is 29.6 Å². The molecule has 1 aliphatic rings. The Balaban J connectivity index is 1.58. The molecule has 52 heavy (non-hydrogen) atoms. The predicted molar refractivity (Wildman–Crippen MR) is 177 cm³/mol. The summed E-state index contributed by atoms with van der Waals surface area (Å²) in [7, 11) is 0. The van der Waals surface area contributed by atoms with Gasteiger partial charge in [-0.3, -0.25) is 24.7 Å². The zero-order chi connectivity index (χ0) is 37.8. The summed E-state index contributed by atoms with van der Waals surface area (Å²) in [6, 6.07) is 8.49. The molecule has 2 heterocycles. The lowest BCUT2D eigenvalue weighted by atomic mass is 10.0. The number of alkyl carbamates (subject to hydrolysis) is 1. The first kappa shape index (κ1) is 38.0. The zero-order valence-corrected chi connectivity index (χ0v) is 28.4. The molecule has 276 valence electrons. The molecule has 0 radical (unpaired) electrons. The van der Waals surface area contributed by atoms with E-state index in [1.807, 2.05) is 5.32 Å². The van der Waals surface area contributed by atoms with E-state index in [2.05, 4.69) is 25.0 Å². The van der Waals surface area contributed by atoms with Crippen LogP contribution in [0, 0.1) is 0 Å². The van der Waals surface area contributed by atoms with Crippen molar-refractivity contribution in [1.29, 1.82) is 0 Å². The van der Waals surface area contributed by atoms with E-state index in [0.29, 0.717) is 11.3 Å². The minimum absolute atomic E-state index is 0.0329. The van der Waals surface area contributed by atoms with Gasteiger partial charge in [-0.2, -0.15) is 18.3 Å². The largest absolute Gasteiger partial charge is 0.447 e. The van der Waals surface area contributed by atoms with E-state index in [1.165, 1.54) is 62.8 Å². The monoisotopic (exact) mass is 751 g/mol. The van der Waals surface area contributed by atoms with Gasteiger partial charge in [-0.1, -0.05) is 29.8 Å². The highest BCUT2D eigenvalue weighted by molar-refractivity contribution is 6.32. The summed E-state index contributed by atoms with van der Waals surface area (Å²) in [5, 5.41) is 5.62. The van der Waals surface area contributed by atoms with Gasteiger partial charge in [0.15, 0.2) is 11.8 Å². The Hall–Kier alpha value is -5.26. The predicted octanol–water partition coefficient (Wildman–Crippen LogP) is 6.77. The number of ether oxygens (including phenoxy) is 1. The number of hydrogen-bond acceptors (Lipinski definition) is 8. The van der Waals surface area contributed by atoms with E-state index in [1.54, 1.807) is 12.1 Å². The number of nitrogens with two attached hydrogens (primary N) is 1. The van der Waals surface area contributed by atoms with Gasteiger partial charge in [0.05, 0.1) is 28.6 Å². The normalized spacial score (nSPS) is 14.9. The fourth-order valence-electron chi connectivity index (χ4n) is 5.08. The summed E-state index contributed by atoms with van der Waals surface area (Å²) >= 11 is 6.39. The molecule has 2 amide bonds. The van der Waals surface area contributed by atoms with Crippen molar-refractivity contribution in [3.05, 3.63) is 89.4 Å². The molecule has 1 saturated carbocycles. The molecule has 0 saturated heterocycles. The van der Waals surface area contributed by atoms with Crippen LogP contribution in [0.5, 0.6) is 0 Å². The first-order valence-electron chi connectivity index (χ1n) is 15.7. The molecule has 5 rings (SSSR count). The van der Waals surface area contributed by atoms with Crippen LogP contribution in [0.25, 0.3) is 16.9 Å². The van der Waals surface area contributed by atoms with Crippen LogP contribution in [0.2, 0.25) is 5.02 Å². The van der Waals surface area contributed by atoms with E-state index < -0.39 is 60.2 Å². The Morgan fingerprint density at radius 1 is 1.10 bits per heavy atom. The van der Waals surface area contributed by atoms with E-state index in [0.717, 1.165) is 15.9 Å². The first-order valence-corrected chi connectivity index (χ1v) is 16.1. The number of hydrogen-bond donors (Lipinski definition) is 2. The van der Waals surface area contributed by atoms with E-state index in [9.17, 15) is 35.9 Å². The van der Waals surface area contributed by atoms with Gasteiger partial charge in [-0.05, 0) is 56.5 Å². The quantitative estimate of drug-likeness (QED) is 0.0914. The van der Waals surface area contributed by atoms with Gasteiger partial charge in [0.25, 0.3) is 12.3 Å². The number of aliphatic imine (C=N–C) groups is 1. The van der Waals surface area contributed by atoms with Crippen molar-refractivity contribution in [3.8, 4) is 16.9 Å². The molecule has 0 unspecified atom stereocenters. The van der Waals surface area contributed by atoms with E-state index in [-0.39, 0.29) is 47.6 Å². The van der Waals surface area contributed by atoms with Crippen LogP contribution in [0.15, 0.2) is 72.4 Å². The minimum atomic E-state index is -4.75. The number of aromatic nitrogens is 5.